The van der Waals surface area contributed by atoms with Crippen molar-refractivity contribution < 1.29 is 13.2 Å². The van der Waals surface area contributed by atoms with E-state index in [1.165, 1.54) is 6.92 Å². The molecule has 0 saturated heterocycles. The molecule has 0 spiro atoms. The van der Waals surface area contributed by atoms with Crippen LogP contribution in [0.25, 0.3) is 11.1 Å². The van der Waals surface area contributed by atoms with E-state index in [1.54, 1.807) is 6.07 Å². The highest BCUT2D eigenvalue weighted by molar-refractivity contribution is 5.63. The summed E-state index contributed by atoms with van der Waals surface area (Å²) in [6.07, 6.45) is -4.14. The van der Waals surface area contributed by atoms with Gasteiger partial charge in [0.2, 0.25) is 0 Å². The molecule has 1 atom stereocenters. The van der Waals surface area contributed by atoms with Gasteiger partial charge < -0.3 is 0 Å². The molecule has 0 aliphatic heterocycles. The second-order valence-electron chi connectivity index (χ2n) is 4.68. The Balaban J connectivity index is 2.38. The third-order valence-corrected chi connectivity index (χ3v) is 3.32. The normalized spacial score (nSPS) is 14.5. The molecule has 20 heavy (non-hydrogen) atoms. The van der Waals surface area contributed by atoms with E-state index in [0.29, 0.717) is 5.36 Å². The van der Waals surface area contributed by atoms with Crippen molar-refractivity contribution >= 4 is 0 Å². The fourth-order valence-electron chi connectivity index (χ4n) is 2.08. The van der Waals surface area contributed by atoms with E-state index in [9.17, 15) is 13.2 Å². The largest absolute Gasteiger partial charge is 0.393 e. The van der Waals surface area contributed by atoms with E-state index >= 15 is 0 Å². The minimum atomic E-state index is -4.19. The lowest BCUT2D eigenvalue weighted by atomic mass is 10.1. The molecule has 1 nitrogen and oxygen atoms in total. The van der Waals surface area contributed by atoms with E-state index in [2.05, 4.69) is 4.99 Å². The molecule has 0 bridgehead atoms. The molecule has 106 valence electrons. The van der Waals surface area contributed by atoms with Gasteiger partial charge in [-0.25, -0.2) is 0 Å². The SMILES string of the molecule is CCC(CN=c1cccc2cccccc1-2)C(F)(F)F. The Bertz CT molecular complexity index is 604. The van der Waals surface area contributed by atoms with E-state index in [1.807, 2.05) is 42.5 Å². The van der Waals surface area contributed by atoms with Crippen molar-refractivity contribution in [3.05, 3.63) is 53.9 Å². The Labute approximate surface area is 116 Å². The summed E-state index contributed by atoms with van der Waals surface area (Å²) in [6, 6.07) is 14.9. The smallest absolute Gasteiger partial charge is 0.284 e. The Morgan fingerprint density at radius 1 is 1.00 bits per heavy atom. The number of fused-ring (bicyclic) bond motifs is 1. The van der Waals surface area contributed by atoms with Crippen LogP contribution in [0.3, 0.4) is 0 Å². The number of halogens is 3. The lowest BCUT2D eigenvalue weighted by Crippen LogP contribution is -2.26. The van der Waals surface area contributed by atoms with Gasteiger partial charge in [0.25, 0.3) is 0 Å². The first-order chi connectivity index (χ1) is 9.52. The topological polar surface area (TPSA) is 12.4 Å². The average Bonchev–Trinajstić information content (AvgIpc) is 2.63. The predicted molar refractivity (Wildman–Crippen MR) is 73.3 cm³/mol. The number of benzene rings is 1. The Hall–Kier alpha value is -1.84. The maximum atomic E-state index is 12.7. The van der Waals surface area contributed by atoms with E-state index in [-0.39, 0.29) is 13.0 Å². The van der Waals surface area contributed by atoms with Crippen LogP contribution in [-0.4, -0.2) is 12.7 Å². The Morgan fingerprint density at radius 3 is 2.40 bits per heavy atom. The van der Waals surface area contributed by atoms with E-state index in [0.717, 1.165) is 11.1 Å². The Kier molecular flexibility index (Phi) is 4.42. The van der Waals surface area contributed by atoms with Crippen molar-refractivity contribution in [2.45, 2.75) is 19.5 Å². The Morgan fingerprint density at radius 2 is 1.70 bits per heavy atom. The van der Waals surface area contributed by atoms with Crippen LogP contribution in [0.5, 0.6) is 0 Å². The second kappa shape index (κ2) is 6.07. The molecule has 0 fully saturated rings. The first-order valence-corrected chi connectivity index (χ1v) is 6.57. The van der Waals surface area contributed by atoms with Crippen LogP contribution in [0.4, 0.5) is 13.2 Å². The summed E-state index contributed by atoms with van der Waals surface area (Å²) in [5, 5.41) is 0.612. The third-order valence-electron chi connectivity index (χ3n) is 3.32. The maximum Gasteiger partial charge on any atom is 0.393 e. The molecule has 0 amide bonds. The van der Waals surface area contributed by atoms with Crippen molar-refractivity contribution in [3.63, 3.8) is 0 Å². The summed E-state index contributed by atoms with van der Waals surface area (Å²) in [4.78, 5) is 4.18. The summed E-state index contributed by atoms with van der Waals surface area (Å²) >= 11 is 0. The summed E-state index contributed by atoms with van der Waals surface area (Å²) in [7, 11) is 0. The molecule has 0 N–H and O–H groups in total. The molecule has 0 aromatic rings. The fraction of sp³-hybridized carbons (Fsp3) is 0.312. The van der Waals surface area contributed by atoms with Crippen LogP contribution in [0, 0.1) is 5.92 Å². The molecular weight excluding hydrogens is 263 g/mol. The molecule has 0 saturated carbocycles. The van der Waals surface area contributed by atoms with E-state index < -0.39 is 12.1 Å². The van der Waals surface area contributed by atoms with Crippen molar-refractivity contribution in [3.8, 4) is 11.1 Å². The monoisotopic (exact) mass is 279 g/mol. The molecular formula is C16H16F3N. The molecule has 2 aliphatic carbocycles. The second-order valence-corrected chi connectivity index (χ2v) is 4.68. The quantitative estimate of drug-likeness (QED) is 0.795. The minimum absolute atomic E-state index is 0.0472. The molecule has 0 aromatic heterocycles. The fourth-order valence-corrected chi connectivity index (χ4v) is 2.08. The van der Waals surface area contributed by atoms with Crippen LogP contribution in [0.15, 0.2) is 53.5 Å². The van der Waals surface area contributed by atoms with E-state index in [4.69, 9.17) is 0 Å². The van der Waals surface area contributed by atoms with Crippen LogP contribution < -0.4 is 5.36 Å². The number of hydrogen-bond donors (Lipinski definition) is 0. The van der Waals surface area contributed by atoms with Gasteiger partial charge in [0.15, 0.2) is 0 Å². The zero-order chi connectivity index (χ0) is 14.6. The molecule has 0 radical (unpaired) electrons. The molecule has 4 heteroatoms. The molecule has 0 heterocycles. The maximum absolute atomic E-state index is 12.7. The molecule has 2 rings (SSSR count). The van der Waals surface area contributed by atoms with Gasteiger partial charge in [-0.15, -0.1) is 0 Å². The lowest BCUT2D eigenvalue weighted by Gasteiger charge is -2.16. The zero-order valence-electron chi connectivity index (χ0n) is 11.2. The highest BCUT2D eigenvalue weighted by Crippen LogP contribution is 2.28. The highest BCUT2D eigenvalue weighted by Gasteiger charge is 2.37. The number of hydrogen-bond acceptors (Lipinski definition) is 1. The van der Waals surface area contributed by atoms with Crippen molar-refractivity contribution in [1.82, 2.24) is 0 Å². The highest BCUT2D eigenvalue weighted by atomic mass is 19.4. The third kappa shape index (κ3) is 3.38. The lowest BCUT2D eigenvalue weighted by molar-refractivity contribution is -0.172. The summed E-state index contributed by atoms with van der Waals surface area (Å²) in [5.41, 5.74) is 1.84. The van der Waals surface area contributed by atoms with Gasteiger partial charge in [0.1, 0.15) is 0 Å². The van der Waals surface area contributed by atoms with Gasteiger partial charge in [0.05, 0.1) is 17.8 Å². The van der Waals surface area contributed by atoms with Crippen LogP contribution >= 0.6 is 0 Å². The number of nitrogens with zero attached hydrogens (tertiary/aromatic N) is 1. The number of rotatable bonds is 3. The predicted octanol–water partition coefficient (Wildman–Crippen LogP) is 4.28. The summed E-state index contributed by atoms with van der Waals surface area (Å²) in [6.45, 7) is 1.31. The van der Waals surface area contributed by atoms with Gasteiger partial charge >= 0.3 is 6.18 Å². The van der Waals surface area contributed by atoms with Crippen molar-refractivity contribution in [2.75, 3.05) is 6.54 Å². The van der Waals surface area contributed by atoms with Crippen molar-refractivity contribution in [1.29, 1.82) is 0 Å². The number of alkyl halides is 3. The molecule has 1 unspecified atom stereocenters. The zero-order valence-corrected chi connectivity index (χ0v) is 11.2. The van der Waals surface area contributed by atoms with Crippen LogP contribution in [0.2, 0.25) is 0 Å². The van der Waals surface area contributed by atoms with Crippen LogP contribution in [0.1, 0.15) is 13.3 Å². The van der Waals surface area contributed by atoms with Gasteiger partial charge in [0, 0.05) is 5.56 Å². The van der Waals surface area contributed by atoms with Gasteiger partial charge in [-0.1, -0.05) is 49.4 Å². The average molecular weight is 279 g/mol. The minimum Gasteiger partial charge on any atom is -0.284 e. The first-order valence-electron chi connectivity index (χ1n) is 6.57. The summed E-state index contributed by atoms with van der Waals surface area (Å²) in [5.74, 6) is -1.38. The standard InChI is InChI=1S/C16H16F3N/c1-2-13(16(17,18)19)11-20-15-10-6-8-12-7-4-3-5-9-14(12)15/h3-10,13H,2,11H2,1H3. The van der Waals surface area contributed by atoms with Gasteiger partial charge in [-0.2, -0.15) is 13.2 Å². The van der Waals surface area contributed by atoms with Crippen LogP contribution in [-0.2, 0) is 0 Å². The summed E-state index contributed by atoms with van der Waals surface area (Å²) < 4.78 is 38.2. The van der Waals surface area contributed by atoms with Crippen molar-refractivity contribution in [2.24, 2.45) is 10.9 Å². The van der Waals surface area contributed by atoms with Gasteiger partial charge in [-0.05, 0) is 18.1 Å². The molecule has 0 aromatic carbocycles. The first kappa shape index (κ1) is 14.6. The molecule has 2 aliphatic rings. The van der Waals surface area contributed by atoms with Gasteiger partial charge in [-0.3, -0.25) is 4.99 Å².